The predicted octanol–water partition coefficient (Wildman–Crippen LogP) is 3.51. The van der Waals surface area contributed by atoms with Gasteiger partial charge in [-0.2, -0.15) is 0 Å². The second-order valence-corrected chi connectivity index (χ2v) is 5.03. The maximum Gasteiger partial charge on any atom is 0.122 e. The van der Waals surface area contributed by atoms with Crippen LogP contribution in [0.1, 0.15) is 42.9 Å². The van der Waals surface area contributed by atoms with Gasteiger partial charge in [0.15, 0.2) is 0 Å². The molecule has 0 aliphatic carbocycles. The number of benzene rings is 1. The van der Waals surface area contributed by atoms with Crippen LogP contribution in [0.25, 0.3) is 0 Å². The molecule has 0 heterocycles. The summed E-state index contributed by atoms with van der Waals surface area (Å²) in [6, 6.07) is 4.62. The van der Waals surface area contributed by atoms with Crippen molar-refractivity contribution in [2.24, 2.45) is 5.73 Å². The Hall–Kier alpha value is -1.02. The molecule has 1 aromatic rings. The summed E-state index contributed by atoms with van der Waals surface area (Å²) in [6.45, 7) is 9.19. The lowest BCUT2D eigenvalue weighted by Crippen LogP contribution is -2.14. The minimum absolute atomic E-state index is 0.304. The molecule has 0 spiro atoms. The molecule has 0 amide bonds. The quantitative estimate of drug-likeness (QED) is 0.766. The highest BCUT2D eigenvalue weighted by Gasteiger charge is 2.03. The van der Waals surface area contributed by atoms with Crippen molar-refractivity contribution in [2.75, 3.05) is 6.61 Å². The maximum atomic E-state index is 5.84. The molecule has 2 nitrogen and oxygen atoms in total. The van der Waals surface area contributed by atoms with Gasteiger partial charge in [-0.15, -0.1) is 0 Å². The zero-order valence-electron chi connectivity index (χ0n) is 11.5. The van der Waals surface area contributed by atoms with E-state index in [2.05, 4.69) is 39.8 Å². The number of aryl methyl sites for hydroxylation is 2. The molecular formula is C15H25NO. The highest BCUT2D eigenvalue weighted by Crippen LogP contribution is 2.23. The third kappa shape index (κ3) is 4.78. The van der Waals surface area contributed by atoms with E-state index in [1.54, 1.807) is 0 Å². The van der Waals surface area contributed by atoms with Crippen molar-refractivity contribution in [3.8, 4) is 5.75 Å². The van der Waals surface area contributed by atoms with Gasteiger partial charge in [0, 0.05) is 6.04 Å². The van der Waals surface area contributed by atoms with Crippen molar-refractivity contribution in [2.45, 2.75) is 53.0 Å². The monoisotopic (exact) mass is 235 g/mol. The van der Waals surface area contributed by atoms with Crippen LogP contribution in [0.3, 0.4) is 0 Å². The van der Waals surface area contributed by atoms with Gasteiger partial charge in [-0.3, -0.25) is 0 Å². The first-order chi connectivity index (χ1) is 8.00. The van der Waals surface area contributed by atoms with E-state index in [1.165, 1.54) is 16.7 Å². The van der Waals surface area contributed by atoms with E-state index >= 15 is 0 Å². The molecule has 0 saturated carbocycles. The van der Waals surface area contributed by atoms with Gasteiger partial charge in [0.05, 0.1) is 6.61 Å². The van der Waals surface area contributed by atoms with Crippen molar-refractivity contribution in [1.82, 2.24) is 0 Å². The van der Waals surface area contributed by atoms with E-state index in [0.717, 1.165) is 31.6 Å². The van der Waals surface area contributed by atoms with Crippen molar-refractivity contribution < 1.29 is 4.74 Å². The summed E-state index contributed by atoms with van der Waals surface area (Å²) in [6.07, 6.45) is 3.30. The van der Waals surface area contributed by atoms with Crippen LogP contribution in [-0.2, 0) is 0 Å². The first kappa shape index (κ1) is 14.0. The van der Waals surface area contributed by atoms with Gasteiger partial charge in [0.1, 0.15) is 5.75 Å². The first-order valence-corrected chi connectivity index (χ1v) is 6.47. The lowest BCUT2D eigenvalue weighted by molar-refractivity contribution is 0.301. The van der Waals surface area contributed by atoms with Crippen LogP contribution in [0.15, 0.2) is 12.1 Å². The van der Waals surface area contributed by atoms with Gasteiger partial charge in [-0.25, -0.2) is 0 Å². The number of hydrogen-bond acceptors (Lipinski definition) is 2. The molecule has 1 unspecified atom stereocenters. The smallest absolute Gasteiger partial charge is 0.122 e. The topological polar surface area (TPSA) is 35.2 Å². The fourth-order valence-corrected chi connectivity index (χ4v) is 1.90. The molecule has 0 aliphatic rings. The van der Waals surface area contributed by atoms with Gasteiger partial charge < -0.3 is 10.5 Å². The zero-order chi connectivity index (χ0) is 12.8. The molecule has 1 aromatic carbocycles. The summed E-state index contributed by atoms with van der Waals surface area (Å²) in [4.78, 5) is 0. The van der Waals surface area contributed by atoms with Crippen LogP contribution < -0.4 is 10.5 Å². The molecule has 0 aromatic heterocycles. The molecule has 17 heavy (non-hydrogen) atoms. The van der Waals surface area contributed by atoms with Gasteiger partial charge in [-0.1, -0.05) is 6.07 Å². The summed E-state index contributed by atoms with van der Waals surface area (Å²) < 4.78 is 5.84. The number of nitrogens with two attached hydrogens (primary N) is 1. The van der Waals surface area contributed by atoms with Crippen molar-refractivity contribution in [3.63, 3.8) is 0 Å². The average Bonchev–Trinajstić information content (AvgIpc) is 2.23. The second kappa shape index (κ2) is 6.65. The standard InChI is InChI=1S/C15H25NO/c1-11-9-12(2)14(4)15(10-11)17-8-6-5-7-13(3)16/h9-10,13H,5-8,16H2,1-4H3. The van der Waals surface area contributed by atoms with E-state index in [1.807, 2.05) is 0 Å². The van der Waals surface area contributed by atoms with Gasteiger partial charge in [0.25, 0.3) is 0 Å². The molecule has 2 N–H and O–H groups in total. The van der Waals surface area contributed by atoms with E-state index in [0.29, 0.717) is 6.04 Å². The number of hydrogen-bond donors (Lipinski definition) is 1. The molecular weight excluding hydrogens is 210 g/mol. The molecule has 0 fully saturated rings. The number of rotatable bonds is 6. The molecule has 0 radical (unpaired) electrons. The summed E-state index contributed by atoms with van der Waals surface area (Å²) in [7, 11) is 0. The normalized spacial score (nSPS) is 12.5. The third-order valence-corrected chi connectivity index (χ3v) is 3.08. The minimum atomic E-state index is 0.304. The second-order valence-electron chi connectivity index (χ2n) is 5.03. The fourth-order valence-electron chi connectivity index (χ4n) is 1.90. The Morgan fingerprint density at radius 3 is 2.53 bits per heavy atom. The van der Waals surface area contributed by atoms with Crippen molar-refractivity contribution >= 4 is 0 Å². The van der Waals surface area contributed by atoms with Crippen LogP contribution in [0.2, 0.25) is 0 Å². The van der Waals surface area contributed by atoms with Crippen LogP contribution in [0.4, 0.5) is 0 Å². The Labute approximate surface area is 105 Å². The highest BCUT2D eigenvalue weighted by molar-refractivity contribution is 5.41. The molecule has 0 bridgehead atoms. The SMILES string of the molecule is Cc1cc(C)c(C)c(OCCCCC(C)N)c1. The van der Waals surface area contributed by atoms with Gasteiger partial charge >= 0.3 is 0 Å². The Morgan fingerprint density at radius 1 is 1.18 bits per heavy atom. The Kier molecular flexibility index (Phi) is 5.49. The predicted molar refractivity (Wildman–Crippen MR) is 73.6 cm³/mol. The molecule has 2 heteroatoms. The highest BCUT2D eigenvalue weighted by atomic mass is 16.5. The van der Waals surface area contributed by atoms with Crippen LogP contribution >= 0.6 is 0 Å². The third-order valence-electron chi connectivity index (χ3n) is 3.08. The Bertz CT molecular complexity index is 358. The molecule has 96 valence electrons. The summed E-state index contributed by atoms with van der Waals surface area (Å²) >= 11 is 0. The largest absolute Gasteiger partial charge is 0.493 e. The average molecular weight is 235 g/mol. The fraction of sp³-hybridized carbons (Fsp3) is 0.600. The Balaban J connectivity index is 2.41. The van der Waals surface area contributed by atoms with Crippen molar-refractivity contribution in [1.29, 1.82) is 0 Å². The van der Waals surface area contributed by atoms with Crippen molar-refractivity contribution in [3.05, 3.63) is 28.8 Å². The number of ether oxygens (including phenoxy) is 1. The first-order valence-electron chi connectivity index (χ1n) is 6.47. The molecule has 0 aliphatic heterocycles. The van der Waals surface area contributed by atoms with Crippen LogP contribution in [0, 0.1) is 20.8 Å². The summed E-state index contributed by atoms with van der Waals surface area (Å²) in [5, 5.41) is 0. The lowest BCUT2D eigenvalue weighted by Gasteiger charge is -2.12. The Morgan fingerprint density at radius 2 is 1.88 bits per heavy atom. The van der Waals surface area contributed by atoms with Crippen LogP contribution in [-0.4, -0.2) is 12.6 Å². The minimum Gasteiger partial charge on any atom is -0.493 e. The zero-order valence-corrected chi connectivity index (χ0v) is 11.5. The lowest BCUT2D eigenvalue weighted by atomic mass is 10.1. The van der Waals surface area contributed by atoms with E-state index in [-0.39, 0.29) is 0 Å². The van der Waals surface area contributed by atoms with Crippen LogP contribution in [0.5, 0.6) is 5.75 Å². The van der Waals surface area contributed by atoms with E-state index < -0.39 is 0 Å². The van der Waals surface area contributed by atoms with Gasteiger partial charge in [-0.05, 0) is 69.7 Å². The maximum absolute atomic E-state index is 5.84. The van der Waals surface area contributed by atoms with Gasteiger partial charge in [0.2, 0.25) is 0 Å². The molecule has 1 rings (SSSR count). The van der Waals surface area contributed by atoms with E-state index in [9.17, 15) is 0 Å². The van der Waals surface area contributed by atoms with E-state index in [4.69, 9.17) is 10.5 Å². The molecule has 1 atom stereocenters. The summed E-state index contributed by atoms with van der Waals surface area (Å²) in [5.41, 5.74) is 9.53. The number of unbranched alkanes of at least 4 members (excludes halogenated alkanes) is 1. The molecule has 0 saturated heterocycles. The summed E-state index contributed by atoms with van der Waals surface area (Å²) in [5.74, 6) is 1.03.